The van der Waals surface area contributed by atoms with Gasteiger partial charge in [0.15, 0.2) is 0 Å². The Morgan fingerprint density at radius 2 is 2.19 bits per heavy atom. The van der Waals surface area contributed by atoms with Crippen molar-refractivity contribution in [2.24, 2.45) is 5.92 Å². The first kappa shape index (κ1) is 15.3. The van der Waals surface area contributed by atoms with Crippen LogP contribution in [0.2, 0.25) is 0 Å². The molecule has 1 amide bonds. The maximum absolute atomic E-state index is 12.6. The predicted molar refractivity (Wildman–Crippen MR) is 87.2 cm³/mol. The van der Waals surface area contributed by atoms with Crippen LogP contribution in [0.3, 0.4) is 0 Å². The van der Waals surface area contributed by atoms with Gasteiger partial charge in [-0.2, -0.15) is 5.26 Å². The van der Waals surface area contributed by atoms with Gasteiger partial charge in [-0.25, -0.2) is 0 Å². The molecule has 0 atom stereocenters. The van der Waals surface area contributed by atoms with Crippen molar-refractivity contribution in [3.8, 4) is 6.07 Å². The lowest BCUT2D eigenvalue weighted by molar-refractivity contribution is 0.0745. The number of nitrogens with two attached hydrogens (primary N) is 1. The van der Waals surface area contributed by atoms with Gasteiger partial charge in [0.2, 0.25) is 0 Å². The maximum atomic E-state index is 12.6. The van der Waals surface area contributed by atoms with E-state index in [1.807, 2.05) is 24.3 Å². The van der Waals surface area contributed by atoms with Gasteiger partial charge in [0.1, 0.15) is 0 Å². The summed E-state index contributed by atoms with van der Waals surface area (Å²) in [6.45, 7) is 5.28. The number of benzene rings is 1. The van der Waals surface area contributed by atoms with Gasteiger partial charge >= 0.3 is 0 Å². The summed E-state index contributed by atoms with van der Waals surface area (Å²) >= 11 is 1.47. The van der Waals surface area contributed by atoms with Gasteiger partial charge in [-0.05, 0) is 35.6 Å². The van der Waals surface area contributed by atoms with E-state index in [0.29, 0.717) is 36.0 Å². The largest absolute Gasteiger partial charge is 0.399 e. The average molecular weight is 301 g/mol. The Hall–Kier alpha value is -2.06. The summed E-state index contributed by atoms with van der Waals surface area (Å²) in [6.07, 6.45) is 0.357. The minimum atomic E-state index is -0.00118. The van der Waals surface area contributed by atoms with Gasteiger partial charge in [-0.3, -0.25) is 4.79 Å². The highest BCUT2D eigenvalue weighted by molar-refractivity contribution is 7.20. The SMILES string of the molecule is CC(C)CN(CCC#N)C(=O)c1cc2cc(N)ccc2s1. The monoisotopic (exact) mass is 301 g/mol. The standard InChI is InChI=1S/C16H19N3OS/c1-11(2)10-19(7-3-6-17)16(20)15-9-12-8-13(18)4-5-14(12)21-15/h4-5,8-9,11H,3,7,10,18H2,1-2H3. The number of hydrogen-bond donors (Lipinski definition) is 1. The van der Waals surface area contributed by atoms with E-state index in [1.54, 1.807) is 4.90 Å². The normalized spacial score (nSPS) is 10.8. The Kier molecular flexibility index (Phi) is 4.81. The molecule has 0 saturated carbocycles. The number of hydrogen-bond acceptors (Lipinski definition) is 4. The number of anilines is 1. The lowest BCUT2D eigenvalue weighted by atomic mass is 10.2. The van der Waals surface area contributed by atoms with Gasteiger partial charge in [0.05, 0.1) is 17.4 Å². The Morgan fingerprint density at radius 1 is 1.43 bits per heavy atom. The molecular formula is C16H19N3OS. The van der Waals surface area contributed by atoms with Crippen molar-refractivity contribution < 1.29 is 4.79 Å². The van der Waals surface area contributed by atoms with Gasteiger partial charge in [0, 0.05) is 23.5 Å². The Morgan fingerprint density at radius 3 is 2.86 bits per heavy atom. The zero-order chi connectivity index (χ0) is 15.4. The van der Waals surface area contributed by atoms with Gasteiger partial charge < -0.3 is 10.6 Å². The molecule has 1 heterocycles. The van der Waals surface area contributed by atoms with Crippen LogP contribution < -0.4 is 5.73 Å². The first-order valence-corrected chi connectivity index (χ1v) is 7.78. The zero-order valence-electron chi connectivity index (χ0n) is 12.3. The van der Waals surface area contributed by atoms with Gasteiger partial charge in [0.25, 0.3) is 5.91 Å². The van der Waals surface area contributed by atoms with E-state index in [4.69, 9.17) is 11.0 Å². The number of carbonyl (C=O) groups excluding carboxylic acids is 1. The van der Waals surface area contributed by atoms with Crippen molar-refractivity contribution in [1.29, 1.82) is 5.26 Å². The van der Waals surface area contributed by atoms with E-state index in [-0.39, 0.29) is 5.91 Å². The summed E-state index contributed by atoms with van der Waals surface area (Å²) in [6, 6.07) is 9.65. The van der Waals surface area contributed by atoms with Crippen LogP contribution >= 0.6 is 11.3 Å². The molecule has 5 heteroatoms. The van der Waals surface area contributed by atoms with Gasteiger partial charge in [-0.1, -0.05) is 13.8 Å². The highest BCUT2D eigenvalue weighted by Gasteiger charge is 2.19. The first-order chi connectivity index (χ1) is 10.0. The molecule has 2 N–H and O–H groups in total. The molecule has 2 rings (SSSR count). The van der Waals surface area contributed by atoms with E-state index in [9.17, 15) is 4.79 Å². The molecular weight excluding hydrogens is 282 g/mol. The average Bonchev–Trinajstić information content (AvgIpc) is 2.85. The molecule has 0 fully saturated rings. The molecule has 1 aromatic heterocycles. The first-order valence-electron chi connectivity index (χ1n) is 6.96. The molecule has 0 bridgehead atoms. The second-order valence-electron chi connectivity index (χ2n) is 5.46. The van der Waals surface area contributed by atoms with E-state index in [0.717, 1.165) is 10.1 Å². The molecule has 0 aliphatic rings. The summed E-state index contributed by atoms with van der Waals surface area (Å²) in [5.74, 6) is 0.372. The molecule has 2 aromatic rings. The molecule has 21 heavy (non-hydrogen) atoms. The summed E-state index contributed by atoms with van der Waals surface area (Å²) in [4.78, 5) is 15.1. The number of fused-ring (bicyclic) bond motifs is 1. The van der Waals surface area contributed by atoms with Crippen LogP contribution in [0.4, 0.5) is 5.69 Å². The number of rotatable bonds is 5. The Bertz CT molecular complexity index is 684. The third-order valence-electron chi connectivity index (χ3n) is 3.12. The van der Waals surface area contributed by atoms with Crippen LogP contribution in [0.15, 0.2) is 24.3 Å². The number of amides is 1. The van der Waals surface area contributed by atoms with Crippen LogP contribution in [-0.4, -0.2) is 23.9 Å². The fourth-order valence-corrected chi connectivity index (χ4v) is 3.24. The minimum Gasteiger partial charge on any atom is -0.399 e. The number of thiophene rings is 1. The van der Waals surface area contributed by atoms with Crippen molar-refractivity contribution in [3.05, 3.63) is 29.1 Å². The molecule has 0 unspecified atom stereocenters. The summed E-state index contributed by atoms with van der Waals surface area (Å²) in [7, 11) is 0. The van der Waals surface area contributed by atoms with Gasteiger partial charge in [-0.15, -0.1) is 11.3 Å². The summed E-state index contributed by atoms with van der Waals surface area (Å²) < 4.78 is 1.05. The number of nitrogens with zero attached hydrogens (tertiary/aromatic N) is 2. The minimum absolute atomic E-state index is 0.00118. The molecule has 0 radical (unpaired) electrons. The lowest BCUT2D eigenvalue weighted by Crippen LogP contribution is -2.34. The quantitative estimate of drug-likeness (QED) is 0.859. The van der Waals surface area contributed by atoms with Crippen molar-refractivity contribution in [3.63, 3.8) is 0 Å². The molecule has 110 valence electrons. The number of nitriles is 1. The van der Waals surface area contributed by atoms with Crippen LogP contribution in [0.5, 0.6) is 0 Å². The number of carbonyl (C=O) groups is 1. The van der Waals surface area contributed by atoms with Crippen molar-refractivity contribution in [2.45, 2.75) is 20.3 Å². The zero-order valence-corrected chi connectivity index (χ0v) is 13.1. The van der Waals surface area contributed by atoms with Crippen LogP contribution in [0.1, 0.15) is 29.9 Å². The molecule has 4 nitrogen and oxygen atoms in total. The predicted octanol–water partition coefficient (Wildman–Crippen LogP) is 3.50. The molecule has 0 spiro atoms. The van der Waals surface area contributed by atoms with Crippen molar-refractivity contribution in [1.82, 2.24) is 4.90 Å². The highest BCUT2D eigenvalue weighted by atomic mass is 32.1. The molecule has 1 aromatic carbocycles. The third-order valence-corrected chi connectivity index (χ3v) is 4.22. The summed E-state index contributed by atoms with van der Waals surface area (Å²) in [5.41, 5.74) is 6.47. The van der Waals surface area contributed by atoms with E-state index in [1.165, 1.54) is 11.3 Å². The number of nitrogen functional groups attached to an aromatic ring is 1. The molecule has 0 saturated heterocycles. The van der Waals surface area contributed by atoms with Crippen molar-refractivity contribution >= 4 is 33.0 Å². The Labute approximate surface area is 128 Å². The second-order valence-corrected chi connectivity index (χ2v) is 6.54. The molecule has 0 aliphatic carbocycles. The summed E-state index contributed by atoms with van der Waals surface area (Å²) in [5, 5.41) is 9.74. The van der Waals surface area contributed by atoms with Crippen LogP contribution in [0.25, 0.3) is 10.1 Å². The van der Waals surface area contributed by atoms with Crippen LogP contribution in [-0.2, 0) is 0 Å². The Balaban J connectivity index is 2.26. The third kappa shape index (κ3) is 3.73. The second kappa shape index (κ2) is 6.59. The fourth-order valence-electron chi connectivity index (χ4n) is 2.22. The molecule has 0 aliphatic heterocycles. The topological polar surface area (TPSA) is 70.1 Å². The van der Waals surface area contributed by atoms with Crippen LogP contribution in [0, 0.1) is 17.2 Å². The lowest BCUT2D eigenvalue weighted by Gasteiger charge is -2.22. The van der Waals surface area contributed by atoms with E-state index < -0.39 is 0 Å². The smallest absolute Gasteiger partial charge is 0.264 e. The highest BCUT2D eigenvalue weighted by Crippen LogP contribution is 2.28. The van der Waals surface area contributed by atoms with Crippen molar-refractivity contribution in [2.75, 3.05) is 18.8 Å². The fraction of sp³-hybridized carbons (Fsp3) is 0.375. The van der Waals surface area contributed by atoms with E-state index >= 15 is 0 Å². The van der Waals surface area contributed by atoms with E-state index in [2.05, 4.69) is 19.9 Å². The maximum Gasteiger partial charge on any atom is 0.264 e.